The fourth-order valence-electron chi connectivity index (χ4n) is 6.34. The standard InChI is InChI=1S/C22H24Cl2O5/c1-11-6-13-14-8-16(23)15-7-12(26)4-5-19(15,2)21(14,24)17(27)9-20(13,3)22(11,29)18(28)10-25/h4-5,7-8,13-14,17,25,27,29H,1,6,9-10H2,2-3H3/t13-,14-,17?,19-,20-,21-,22-/m0/s1. The summed E-state index contributed by atoms with van der Waals surface area (Å²) in [7, 11) is 0. The first-order valence-electron chi connectivity index (χ1n) is 9.62. The molecule has 0 saturated heterocycles. The second-order valence-electron chi connectivity index (χ2n) is 9.15. The predicted molar refractivity (Wildman–Crippen MR) is 109 cm³/mol. The third-order valence-electron chi connectivity index (χ3n) is 8.00. The fourth-order valence-corrected chi connectivity index (χ4v) is 7.18. The maximum Gasteiger partial charge on any atom is 0.194 e. The Kier molecular flexibility index (Phi) is 4.45. The third-order valence-corrected chi connectivity index (χ3v) is 9.22. The molecule has 4 rings (SSSR count). The number of ketones is 2. The van der Waals surface area contributed by atoms with Gasteiger partial charge in [-0.25, -0.2) is 0 Å². The first-order valence-corrected chi connectivity index (χ1v) is 10.4. The molecule has 0 aromatic carbocycles. The number of rotatable bonds is 2. The topological polar surface area (TPSA) is 94.8 Å². The van der Waals surface area contributed by atoms with Crippen molar-refractivity contribution in [3.05, 3.63) is 47.1 Å². The molecule has 0 aliphatic heterocycles. The molecular formula is C22H24Cl2O5. The summed E-state index contributed by atoms with van der Waals surface area (Å²) in [5.41, 5.74) is -3.09. The van der Waals surface area contributed by atoms with Gasteiger partial charge in [0.25, 0.3) is 0 Å². The van der Waals surface area contributed by atoms with Gasteiger partial charge < -0.3 is 15.3 Å². The van der Waals surface area contributed by atoms with E-state index in [1.54, 1.807) is 19.1 Å². The van der Waals surface area contributed by atoms with Gasteiger partial charge in [0.2, 0.25) is 0 Å². The van der Waals surface area contributed by atoms with Crippen LogP contribution in [-0.4, -0.2) is 50.1 Å². The van der Waals surface area contributed by atoms with Crippen molar-refractivity contribution in [3.63, 3.8) is 0 Å². The molecule has 3 N–H and O–H groups in total. The lowest BCUT2D eigenvalue weighted by Gasteiger charge is -2.62. The summed E-state index contributed by atoms with van der Waals surface area (Å²) in [5.74, 6) is -1.77. The summed E-state index contributed by atoms with van der Waals surface area (Å²) in [6.07, 6.45) is 5.53. The number of aliphatic hydroxyl groups excluding tert-OH is 2. The summed E-state index contributed by atoms with van der Waals surface area (Å²) in [6.45, 7) is 6.69. The lowest BCUT2D eigenvalue weighted by Crippen LogP contribution is -2.68. The molecule has 7 heteroatoms. The van der Waals surface area contributed by atoms with Crippen molar-refractivity contribution in [1.82, 2.24) is 0 Å². The molecule has 4 aliphatic rings. The van der Waals surface area contributed by atoms with E-state index in [0.717, 1.165) is 0 Å². The van der Waals surface area contributed by atoms with E-state index in [4.69, 9.17) is 23.2 Å². The van der Waals surface area contributed by atoms with Crippen molar-refractivity contribution >= 4 is 34.8 Å². The number of Topliss-reactive ketones (excluding diaryl/α,β-unsaturated/α-hetero) is 1. The van der Waals surface area contributed by atoms with Crippen LogP contribution in [0.3, 0.4) is 0 Å². The molecule has 0 amide bonds. The Balaban J connectivity index is 1.94. The van der Waals surface area contributed by atoms with Gasteiger partial charge in [0, 0.05) is 21.8 Å². The van der Waals surface area contributed by atoms with E-state index in [0.29, 0.717) is 22.6 Å². The van der Waals surface area contributed by atoms with Crippen LogP contribution in [0.5, 0.6) is 0 Å². The highest BCUT2D eigenvalue weighted by atomic mass is 35.5. The molecule has 0 bridgehead atoms. The van der Waals surface area contributed by atoms with Crippen LogP contribution >= 0.6 is 23.2 Å². The van der Waals surface area contributed by atoms with Gasteiger partial charge in [-0.3, -0.25) is 9.59 Å². The van der Waals surface area contributed by atoms with Crippen LogP contribution < -0.4 is 0 Å². The number of hydrogen-bond donors (Lipinski definition) is 3. The molecule has 4 aliphatic carbocycles. The van der Waals surface area contributed by atoms with Crippen molar-refractivity contribution < 1.29 is 24.9 Å². The SMILES string of the molecule is C=C1C[C@H]2[C@@H]3C=C(Cl)C4=CC(=O)C=C[C@]4(C)[C@@]3(Cl)C(O)C[C@]2(C)[C@@]1(O)C(=O)CO. The summed E-state index contributed by atoms with van der Waals surface area (Å²) < 4.78 is 0. The molecule has 5 nitrogen and oxygen atoms in total. The van der Waals surface area contributed by atoms with Crippen LogP contribution in [0.4, 0.5) is 0 Å². The Hall–Kier alpha value is -1.24. The first-order chi connectivity index (χ1) is 13.4. The van der Waals surface area contributed by atoms with Crippen LogP contribution in [0.2, 0.25) is 0 Å². The first kappa shape index (κ1) is 21.0. The minimum Gasteiger partial charge on any atom is -0.391 e. The highest BCUT2D eigenvalue weighted by Crippen LogP contribution is 2.70. The average Bonchev–Trinajstić information content (AvgIpc) is 2.86. The maximum atomic E-state index is 12.6. The molecular weight excluding hydrogens is 415 g/mol. The lowest BCUT2D eigenvalue weighted by molar-refractivity contribution is -0.163. The monoisotopic (exact) mass is 438 g/mol. The highest BCUT2D eigenvalue weighted by Gasteiger charge is 2.73. The van der Waals surface area contributed by atoms with Crippen molar-refractivity contribution in [2.24, 2.45) is 22.7 Å². The van der Waals surface area contributed by atoms with Crippen molar-refractivity contribution in [2.75, 3.05) is 6.61 Å². The second kappa shape index (κ2) is 6.14. The molecule has 0 radical (unpaired) electrons. The molecule has 0 heterocycles. The number of halogens is 2. The van der Waals surface area contributed by atoms with Gasteiger partial charge in [0.15, 0.2) is 17.2 Å². The number of carbonyl (C=O) groups excluding carboxylic acids is 2. The summed E-state index contributed by atoms with van der Waals surface area (Å²) in [4.78, 5) is 23.3. The van der Waals surface area contributed by atoms with Gasteiger partial charge in [0.1, 0.15) is 6.61 Å². The van der Waals surface area contributed by atoms with Gasteiger partial charge >= 0.3 is 0 Å². The number of fused-ring (bicyclic) bond motifs is 5. The number of alkyl halides is 1. The van der Waals surface area contributed by atoms with E-state index in [9.17, 15) is 24.9 Å². The molecule has 1 unspecified atom stereocenters. The third kappa shape index (κ3) is 2.23. The molecule has 7 atom stereocenters. The van der Waals surface area contributed by atoms with Crippen molar-refractivity contribution in [1.29, 1.82) is 0 Å². The molecule has 0 aromatic rings. The normalized spacial score (nSPS) is 48.4. The second-order valence-corrected chi connectivity index (χ2v) is 10.2. The molecule has 29 heavy (non-hydrogen) atoms. The zero-order chi connectivity index (χ0) is 21.6. The Morgan fingerprint density at radius 2 is 2.03 bits per heavy atom. The molecule has 2 fully saturated rings. The van der Waals surface area contributed by atoms with E-state index in [1.807, 2.05) is 6.92 Å². The van der Waals surface area contributed by atoms with Crippen LogP contribution in [0.15, 0.2) is 47.1 Å². The predicted octanol–water partition coefficient (Wildman–Crippen LogP) is 2.43. The largest absolute Gasteiger partial charge is 0.391 e. The van der Waals surface area contributed by atoms with E-state index in [1.165, 1.54) is 12.2 Å². The minimum atomic E-state index is -1.96. The van der Waals surface area contributed by atoms with E-state index in [2.05, 4.69) is 6.58 Å². The maximum absolute atomic E-state index is 12.6. The van der Waals surface area contributed by atoms with E-state index in [-0.39, 0.29) is 18.1 Å². The smallest absolute Gasteiger partial charge is 0.194 e. The quantitative estimate of drug-likeness (QED) is 0.454. The van der Waals surface area contributed by atoms with E-state index < -0.39 is 45.7 Å². The number of aliphatic hydroxyl groups is 3. The van der Waals surface area contributed by atoms with Crippen LogP contribution in [0.25, 0.3) is 0 Å². The lowest BCUT2D eigenvalue weighted by atomic mass is 9.47. The van der Waals surface area contributed by atoms with Crippen LogP contribution in [0, 0.1) is 22.7 Å². The summed E-state index contributed by atoms with van der Waals surface area (Å²) in [6, 6.07) is 0. The molecule has 156 valence electrons. The number of carbonyl (C=O) groups is 2. The van der Waals surface area contributed by atoms with Crippen LogP contribution in [-0.2, 0) is 9.59 Å². The minimum absolute atomic E-state index is 0.0367. The number of hydrogen-bond acceptors (Lipinski definition) is 5. The fraction of sp³-hybridized carbons (Fsp3) is 0.545. The Morgan fingerprint density at radius 1 is 1.38 bits per heavy atom. The summed E-state index contributed by atoms with van der Waals surface area (Å²) >= 11 is 13.8. The van der Waals surface area contributed by atoms with Gasteiger partial charge in [-0.1, -0.05) is 44.2 Å². The van der Waals surface area contributed by atoms with Crippen LogP contribution in [0.1, 0.15) is 26.7 Å². The summed E-state index contributed by atoms with van der Waals surface area (Å²) in [5, 5.41) is 32.6. The van der Waals surface area contributed by atoms with Gasteiger partial charge in [-0.05, 0) is 42.1 Å². The Bertz CT molecular complexity index is 935. The highest BCUT2D eigenvalue weighted by molar-refractivity contribution is 6.34. The van der Waals surface area contributed by atoms with Crippen molar-refractivity contribution in [3.8, 4) is 0 Å². The van der Waals surface area contributed by atoms with Gasteiger partial charge in [-0.15, -0.1) is 11.6 Å². The molecule has 0 aromatic heterocycles. The van der Waals surface area contributed by atoms with Crippen molar-refractivity contribution in [2.45, 2.75) is 43.3 Å². The molecule has 0 spiro atoms. The van der Waals surface area contributed by atoms with E-state index >= 15 is 0 Å². The zero-order valence-electron chi connectivity index (χ0n) is 16.3. The Labute approximate surface area is 179 Å². The van der Waals surface area contributed by atoms with Gasteiger partial charge in [0.05, 0.1) is 11.0 Å². The number of allylic oxidation sites excluding steroid dienone is 6. The zero-order valence-corrected chi connectivity index (χ0v) is 17.8. The molecule has 2 saturated carbocycles. The van der Waals surface area contributed by atoms with Gasteiger partial charge in [-0.2, -0.15) is 0 Å². The average molecular weight is 439 g/mol. The Morgan fingerprint density at radius 3 is 2.66 bits per heavy atom.